The van der Waals surface area contributed by atoms with Crippen molar-refractivity contribution in [2.24, 2.45) is 0 Å². The average molecular weight is 800 g/mol. The molecule has 0 N–H and O–H groups in total. The van der Waals surface area contributed by atoms with Gasteiger partial charge in [0.15, 0.2) is 34.9 Å². The third kappa shape index (κ3) is 6.85. The molecule has 0 saturated carbocycles. The van der Waals surface area contributed by atoms with E-state index in [2.05, 4.69) is 65.2 Å². The van der Waals surface area contributed by atoms with E-state index in [9.17, 15) is 4.39 Å². The summed E-state index contributed by atoms with van der Waals surface area (Å²) in [6.45, 7) is 0. The fourth-order valence-corrected chi connectivity index (χ4v) is 7.99. The summed E-state index contributed by atoms with van der Waals surface area (Å²) in [5, 5.41) is 2.18. The Morgan fingerprint density at radius 3 is 1.23 bits per heavy atom. The van der Waals surface area contributed by atoms with Crippen LogP contribution >= 0.6 is 0 Å². The number of nitrogens with zero attached hydrogens (tertiary/aromatic N) is 7. The van der Waals surface area contributed by atoms with Crippen molar-refractivity contribution in [2.45, 2.75) is 0 Å². The predicted octanol–water partition coefficient (Wildman–Crippen LogP) is 13.0. The van der Waals surface area contributed by atoms with Crippen molar-refractivity contribution in [3.05, 3.63) is 212 Å². The molecular formula is C54H34FN7. The molecule has 11 rings (SSSR count). The molecule has 0 aliphatic heterocycles. The highest BCUT2D eigenvalue weighted by Crippen LogP contribution is 2.39. The molecule has 0 saturated heterocycles. The first kappa shape index (κ1) is 36.6. The molecule has 0 amide bonds. The second-order valence-electron chi connectivity index (χ2n) is 14.9. The second kappa shape index (κ2) is 15.6. The number of benzene rings is 8. The average Bonchev–Trinajstić information content (AvgIpc) is 3.68. The van der Waals surface area contributed by atoms with Crippen LogP contribution in [0.2, 0.25) is 0 Å². The van der Waals surface area contributed by atoms with Gasteiger partial charge in [-0.1, -0.05) is 164 Å². The monoisotopic (exact) mass is 799 g/mol. The highest BCUT2D eigenvalue weighted by molar-refractivity contribution is 6.10. The molecule has 0 aliphatic rings. The molecule has 0 atom stereocenters. The van der Waals surface area contributed by atoms with E-state index in [-0.39, 0.29) is 5.82 Å². The lowest BCUT2D eigenvalue weighted by atomic mass is 9.98. The molecule has 3 heterocycles. The van der Waals surface area contributed by atoms with Gasteiger partial charge in [0, 0.05) is 49.8 Å². The Labute approximate surface area is 356 Å². The minimum Gasteiger partial charge on any atom is -0.309 e. The summed E-state index contributed by atoms with van der Waals surface area (Å²) in [7, 11) is 0. The molecule has 11 aromatic rings. The summed E-state index contributed by atoms with van der Waals surface area (Å²) in [6, 6.07) is 67.5. The molecule has 62 heavy (non-hydrogen) atoms. The van der Waals surface area contributed by atoms with Crippen molar-refractivity contribution < 1.29 is 4.39 Å². The normalized spacial score (nSPS) is 11.3. The number of fused-ring (bicyclic) bond motifs is 3. The van der Waals surface area contributed by atoms with Crippen molar-refractivity contribution in [3.63, 3.8) is 0 Å². The van der Waals surface area contributed by atoms with Gasteiger partial charge in [-0.2, -0.15) is 0 Å². The van der Waals surface area contributed by atoms with E-state index in [1.165, 1.54) is 12.1 Å². The fraction of sp³-hybridized carbons (Fsp3) is 0. The minimum atomic E-state index is -0.316. The van der Waals surface area contributed by atoms with Gasteiger partial charge >= 0.3 is 0 Å². The van der Waals surface area contributed by atoms with Crippen molar-refractivity contribution in [1.29, 1.82) is 0 Å². The van der Waals surface area contributed by atoms with Crippen LogP contribution in [0.25, 0.3) is 107 Å². The first-order valence-electron chi connectivity index (χ1n) is 20.3. The lowest BCUT2D eigenvalue weighted by Gasteiger charge is -2.16. The summed E-state index contributed by atoms with van der Waals surface area (Å²) < 4.78 is 16.8. The molecule has 0 unspecified atom stereocenters. The third-order valence-electron chi connectivity index (χ3n) is 11.0. The van der Waals surface area contributed by atoms with E-state index in [1.54, 1.807) is 12.1 Å². The Hall–Kier alpha value is -8.49. The van der Waals surface area contributed by atoms with E-state index in [0.717, 1.165) is 72.0 Å². The zero-order valence-electron chi connectivity index (χ0n) is 33.1. The molecular weight excluding hydrogens is 766 g/mol. The molecule has 0 bridgehead atoms. The standard InChI is InChI=1S/C54H34FN7/c55-41-28-25-35(26-29-41)46-34-42(30-32-45(46)54-60-51(38-19-9-3-10-20-38)57-52(61-54)39-21-11-4-12-22-39)62-47-24-14-13-23-43(47)44-31-27-40(33-48(44)62)53-58-49(36-15-5-1-6-16-36)56-50(59-53)37-17-7-2-8-18-37/h1-34H. The van der Waals surface area contributed by atoms with E-state index in [4.69, 9.17) is 29.9 Å². The van der Waals surface area contributed by atoms with Crippen LogP contribution in [0, 0.1) is 5.82 Å². The van der Waals surface area contributed by atoms with Gasteiger partial charge in [-0.15, -0.1) is 0 Å². The molecule has 8 heteroatoms. The van der Waals surface area contributed by atoms with Crippen LogP contribution in [0.5, 0.6) is 0 Å². The maximum atomic E-state index is 14.5. The summed E-state index contributed by atoms with van der Waals surface area (Å²) in [4.78, 5) is 30.1. The zero-order chi connectivity index (χ0) is 41.4. The summed E-state index contributed by atoms with van der Waals surface area (Å²) in [6.07, 6.45) is 0. The maximum Gasteiger partial charge on any atom is 0.164 e. The van der Waals surface area contributed by atoms with Gasteiger partial charge < -0.3 is 4.57 Å². The van der Waals surface area contributed by atoms with Gasteiger partial charge in [-0.05, 0) is 53.6 Å². The highest BCUT2D eigenvalue weighted by Gasteiger charge is 2.20. The Kier molecular flexibility index (Phi) is 9.20. The van der Waals surface area contributed by atoms with Crippen molar-refractivity contribution in [3.8, 4) is 85.1 Å². The number of hydrogen-bond acceptors (Lipinski definition) is 6. The topological polar surface area (TPSA) is 82.3 Å². The number of halogens is 1. The second-order valence-corrected chi connectivity index (χ2v) is 14.9. The Morgan fingerprint density at radius 1 is 0.290 bits per heavy atom. The number of hydrogen-bond donors (Lipinski definition) is 0. The largest absolute Gasteiger partial charge is 0.309 e. The predicted molar refractivity (Wildman–Crippen MR) is 246 cm³/mol. The molecule has 0 radical (unpaired) electrons. The molecule has 0 aliphatic carbocycles. The lowest BCUT2D eigenvalue weighted by Crippen LogP contribution is -2.02. The van der Waals surface area contributed by atoms with Crippen molar-refractivity contribution in [1.82, 2.24) is 34.5 Å². The van der Waals surface area contributed by atoms with Crippen molar-refractivity contribution in [2.75, 3.05) is 0 Å². The van der Waals surface area contributed by atoms with Crippen LogP contribution in [0.1, 0.15) is 0 Å². The van der Waals surface area contributed by atoms with Crippen LogP contribution in [-0.4, -0.2) is 34.5 Å². The number of aromatic nitrogens is 7. The van der Waals surface area contributed by atoms with Gasteiger partial charge in [-0.25, -0.2) is 34.3 Å². The first-order valence-corrected chi connectivity index (χ1v) is 20.3. The van der Waals surface area contributed by atoms with Gasteiger partial charge in [0.25, 0.3) is 0 Å². The minimum absolute atomic E-state index is 0.316. The van der Waals surface area contributed by atoms with Gasteiger partial charge in [0.2, 0.25) is 0 Å². The quantitative estimate of drug-likeness (QED) is 0.152. The van der Waals surface area contributed by atoms with Crippen LogP contribution in [0.3, 0.4) is 0 Å². The highest BCUT2D eigenvalue weighted by atomic mass is 19.1. The van der Waals surface area contributed by atoms with E-state index >= 15 is 0 Å². The smallest absolute Gasteiger partial charge is 0.164 e. The Balaban J connectivity index is 1.12. The van der Waals surface area contributed by atoms with Crippen LogP contribution < -0.4 is 0 Å². The summed E-state index contributed by atoms with van der Waals surface area (Å²) in [5.41, 5.74) is 9.76. The van der Waals surface area contributed by atoms with Crippen molar-refractivity contribution >= 4 is 21.8 Å². The van der Waals surface area contributed by atoms with Gasteiger partial charge in [0.05, 0.1) is 11.0 Å². The Morgan fingerprint density at radius 2 is 0.710 bits per heavy atom. The number of rotatable bonds is 8. The lowest BCUT2D eigenvalue weighted by molar-refractivity contribution is 0.628. The molecule has 7 nitrogen and oxygen atoms in total. The summed E-state index contributed by atoms with van der Waals surface area (Å²) in [5.74, 6) is 3.06. The fourth-order valence-electron chi connectivity index (χ4n) is 7.99. The van der Waals surface area contributed by atoms with Gasteiger partial charge in [-0.3, -0.25) is 0 Å². The summed E-state index contributed by atoms with van der Waals surface area (Å²) >= 11 is 0. The molecule has 0 spiro atoms. The molecule has 0 fully saturated rings. The number of para-hydroxylation sites is 1. The maximum absolute atomic E-state index is 14.5. The SMILES string of the molecule is Fc1ccc(-c2cc(-n3c4ccccc4c4ccc(-c5nc(-c6ccccc6)nc(-c6ccccc6)n5)cc43)ccc2-c2nc(-c3ccccc3)nc(-c3ccccc3)n2)cc1. The first-order chi connectivity index (χ1) is 30.6. The zero-order valence-corrected chi connectivity index (χ0v) is 33.1. The van der Waals surface area contributed by atoms with Gasteiger partial charge in [0.1, 0.15) is 5.82 Å². The molecule has 3 aromatic heterocycles. The van der Waals surface area contributed by atoms with Crippen LogP contribution in [0.4, 0.5) is 4.39 Å². The van der Waals surface area contributed by atoms with Crippen LogP contribution in [0.15, 0.2) is 206 Å². The third-order valence-corrected chi connectivity index (χ3v) is 11.0. The Bertz CT molecular complexity index is 3280. The van der Waals surface area contributed by atoms with E-state index < -0.39 is 0 Å². The van der Waals surface area contributed by atoms with Crippen LogP contribution in [-0.2, 0) is 0 Å². The van der Waals surface area contributed by atoms with E-state index in [1.807, 2.05) is 121 Å². The van der Waals surface area contributed by atoms with E-state index in [0.29, 0.717) is 34.9 Å². The molecule has 292 valence electrons. The molecule has 8 aromatic carbocycles.